The van der Waals surface area contributed by atoms with Crippen LogP contribution in [0.25, 0.3) is 0 Å². The molecule has 5 rings (SSSR count). The van der Waals surface area contributed by atoms with Gasteiger partial charge in [-0.2, -0.15) is 0 Å². The Hall–Kier alpha value is -4.44. The minimum Gasteiger partial charge on any atom is -0.497 e. The second kappa shape index (κ2) is 11.7. The summed E-state index contributed by atoms with van der Waals surface area (Å²) < 4.78 is 31.5. The molecule has 2 aliphatic heterocycles. The van der Waals surface area contributed by atoms with Crippen molar-refractivity contribution >= 4 is 29.1 Å². The van der Waals surface area contributed by atoms with E-state index in [9.17, 15) is 18.8 Å². The number of anilines is 2. The number of methoxy groups -OCH3 is 1. The molecule has 1 fully saturated rings. The van der Waals surface area contributed by atoms with Crippen LogP contribution in [0.2, 0.25) is 0 Å². The molecule has 0 radical (unpaired) electrons. The van der Waals surface area contributed by atoms with Crippen LogP contribution in [0.4, 0.5) is 15.8 Å². The first-order valence-electron chi connectivity index (χ1n) is 13.0. The smallest absolute Gasteiger partial charge is 0.258 e. The van der Waals surface area contributed by atoms with Crippen LogP contribution in [-0.2, 0) is 9.53 Å². The topological polar surface area (TPSA) is 106 Å². The molecule has 2 aliphatic rings. The molecule has 3 aromatic carbocycles. The van der Waals surface area contributed by atoms with E-state index in [1.807, 2.05) is 0 Å². The monoisotopic (exact) mass is 547 g/mol. The summed E-state index contributed by atoms with van der Waals surface area (Å²) in [5.74, 6) is -0.722. The summed E-state index contributed by atoms with van der Waals surface area (Å²) >= 11 is 0. The quantitative estimate of drug-likeness (QED) is 0.471. The molecule has 9 nitrogen and oxygen atoms in total. The molecule has 208 valence electrons. The number of hydrogen-bond donors (Lipinski definition) is 2. The molecule has 3 aromatic rings. The minimum absolute atomic E-state index is 0.0946. The van der Waals surface area contributed by atoms with E-state index in [1.165, 1.54) is 24.3 Å². The van der Waals surface area contributed by atoms with Gasteiger partial charge in [0.1, 0.15) is 30.0 Å². The van der Waals surface area contributed by atoms with Gasteiger partial charge >= 0.3 is 0 Å². The molecule has 2 N–H and O–H groups in total. The van der Waals surface area contributed by atoms with Gasteiger partial charge < -0.3 is 29.7 Å². The number of carbonyl (C=O) groups excluding carboxylic acids is 3. The second-order valence-corrected chi connectivity index (χ2v) is 9.80. The molecule has 40 heavy (non-hydrogen) atoms. The highest BCUT2D eigenvalue weighted by atomic mass is 19.1. The van der Waals surface area contributed by atoms with Crippen molar-refractivity contribution < 1.29 is 33.0 Å². The van der Waals surface area contributed by atoms with Crippen LogP contribution < -0.4 is 20.1 Å². The van der Waals surface area contributed by atoms with Gasteiger partial charge in [-0.1, -0.05) is 18.2 Å². The summed E-state index contributed by atoms with van der Waals surface area (Å²) in [6.07, 6.45) is 0.641. The van der Waals surface area contributed by atoms with Crippen LogP contribution in [0.3, 0.4) is 0 Å². The Morgan fingerprint density at radius 2 is 1.82 bits per heavy atom. The number of benzene rings is 3. The van der Waals surface area contributed by atoms with Gasteiger partial charge in [-0.05, 0) is 55.3 Å². The fraction of sp³-hybridized carbons (Fsp3) is 0.300. The molecular weight excluding hydrogens is 517 g/mol. The van der Waals surface area contributed by atoms with E-state index >= 15 is 0 Å². The van der Waals surface area contributed by atoms with Crippen LogP contribution >= 0.6 is 0 Å². The molecule has 0 saturated carbocycles. The molecule has 3 atom stereocenters. The summed E-state index contributed by atoms with van der Waals surface area (Å²) in [4.78, 5) is 40.3. The Morgan fingerprint density at radius 3 is 2.62 bits per heavy atom. The van der Waals surface area contributed by atoms with E-state index < -0.39 is 17.8 Å². The number of rotatable bonds is 6. The first-order chi connectivity index (χ1) is 19.3. The number of hydrogen-bond acceptors (Lipinski definition) is 6. The Balaban J connectivity index is 1.25. The SMILES string of the molecule is COc1cccc(NC(=O)C[C@@H]2CC[C@H]3[C@@H](COc4ccc(NC(=O)c5ccccc5F)cc4C(=O)N3C)O2)c1. The van der Waals surface area contributed by atoms with Crippen molar-refractivity contribution in [3.63, 3.8) is 0 Å². The zero-order chi connectivity index (χ0) is 28.2. The standard InChI is InChI=1S/C30H30FN3O6/c1-34-25-12-11-21(16-28(35)32-18-6-5-7-20(14-18)38-2)40-27(25)17-39-26-13-10-19(15-23(26)30(34)37)33-29(36)22-8-3-4-9-24(22)31/h3-10,13-15,21,25,27H,11-12,16-17H2,1-2H3,(H,32,35)(H,33,36)/t21-,25-,27+/m0/s1. The lowest BCUT2D eigenvalue weighted by Gasteiger charge is -2.42. The number of likely N-dealkylation sites (N-methyl/N-ethyl adjacent to an activating group) is 1. The summed E-state index contributed by atoms with van der Waals surface area (Å²) in [5, 5.41) is 5.52. The average Bonchev–Trinajstić information content (AvgIpc) is 2.95. The lowest BCUT2D eigenvalue weighted by Crippen LogP contribution is -2.53. The first-order valence-corrected chi connectivity index (χ1v) is 13.0. The summed E-state index contributed by atoms with van der Waals surface area (Å²) in [6.45, 7) is 0.185. The third kappa shape index (κ3) is 5.91. The number of fused-ring (bicyclic) bond motifs is 2. The Morgan fingerprint density at radius 1 is 1.02 bits per heavy atom. The molecule has 0 unspecified atom stereocenters. The maximum Gasteiger partial charge on any atom is 0.258 e. The third-order valence-electron chi connectivity index (χ3n) is 7.15. The molecule has 0 spiro atoms. The molecule has 2 heterocycles. The lowest BCUT2D eigenvalue weighted by molar-refractivity contribution is -0.130. The van der Waals surface area contributed by atoms with Crippen LogP contribution in [0, 0.1) is 5.82 Å². The third-order valence-corrected chi connectivity index (χ3v) is 7.15. The first kappa shape index (κ1) is 27.1. The van der Waals surface area contributed by atoms with Gasteiger partial charge in [-0.3, -0.25) is 14.4 Å². The van der Waals surface area contributed by atoms with Crippen LogP contribution in [0.5, 0.6) is 11.5 Å². The van der Waals surface area contributed by atoms with Gasteiger partial charge in [0.25, 0.3) is 11.8 Å². The molecule has 1 saturated heterocycles. The number of nitrogens with one attached hydrogen (secondary N) is 2. The maximum atomic E-state index is 14.0. The Bertz CT molecular complexity index is 1430. The zero-order valence-corrected chi connectivity index (χ0v) is 22.2. The summed E-state index contributed by atoms with van der Waals surface area (Å²) in [7, 11) is 3.27. The summed E-state index contributed by atoms with van der Waals surface area (Å²) in [6, 6.07) is 17.3. The number of ether oxygens (including phenoxy) is 3. The van der Waals surface area contributed by atoms with Gasteiger partial charge in [0, 0.05) is 24.5 Å². The van der Waals surface area contributed by atoms with E-state index in [2.05, 4.69) is 10.6 Å². The van der Waals surface area contributed by atoms with Crippen molar-refractivity contribution in [2.45, 2.75) is 37.5 Å². The fourth-order valence-corrected chi connectivity index (χ4v) is 5.07. The van der Waals surface area contributed by atoms with Crippen molar-refractivity contribution in [1.82, 2.24) is 4.90 Å². The zero-order valence-electron chi connectivity index (χ0n) is 22.2. The highest BCUT2D eigenvalue weighted by Gasteiger charge is 2.39. The van der Waals surface area contributed by atoms with E-state index in [1.54, 1.807) is 61.5 Å². The van der Waals surface area contributed by atoms with Gasteiger partial charge in [-0.15, -0.1) is 0 Å². The number of carbonyl (C=O) groups is 3. The predicted octanol–water partition coefficient (Wildman–Crippen LogP) is 4.50. The van der Waals surface area contributed by atoms with E-state index in [4.69, 9.17) is 14.2 Å². The highest BCUT2D eigenvalue weighted by molar-refractivity contribution is 6.05. The molecular formula is C30H30FN3O6. The minimum atomic E-state index is -0.634. The van der Waals surface area contributed by atoms with Gasteiger partial charge in [0.15, 0.2) is 0 Å². The van der Waals surface area contributed by atoms with Gasteiger partial charge in [-0.25, -0.2) is 4.39 Å². The molecule has 3 amide bonds. The largest absolute Gasteiger partial charge is 0.497 e. The fourth-order valence-electron chi connectivity index (χ4n) is 5.07. The Kier molecular flexibility index (Phi) is 7.97. The van der Waals surface area contributed by atoms with Crippen LogP contribution in [0.15, 0.2) is 66.7 Å². The lowest BCUT2D eigenvalue weighted by atomic mass is 9.94. The van der Waals surface area contributed by atoms with Crippen LogP contribution in [0.1, 0.15) is 40.0 Å². The predicted molar refractivity (Wildman–Crippen MR) is 146 cm³/mol. The average molecular weight is 548 g/mol. The van der Waals surface area contributed by atoms with Gasteiger partial charge in [0.2, 0.25) is 5.91 Å². The number of nitrogens with zero attached hydrogens (tertiary/aromatic N) is 1. The summed E-state index contributed by atoms with van der Waals surface area (Å²) in [5.41, 5.74) is 1.17. The van der Waals surface area contributed by atoms with Crippen molar-refractivity contribution in [3.05, 3.63) is 83.7 Å². The molecule has 0 aliphatic carbocycles. The molecule has 10 heteroatoms. The second-order valence-electron chi connectivity index (χ2n) is 9.80. The number of halogens is 1. The van der Waals surface area contributed by atoms with Crippen molar-refractivity contribution in [3.8, 4) is 11.5 Å². The number of amides is 3. The van der Waals surface area contributed by atoms with E-state index in [0.29, 0.717) is 35.7 Å². The molecule has 0 bridgehead atoms. The molecule has 0 aromatic heterocycles. The van der Waals surface area contributed by atoms with Gasteiger partial charge in [0.05, 0.1) is 36.8 Å². The Labute approximate surface area is 231 Å². The highest BCUT2D eigenvalue weighted by Crippen LogP contribution is 2.33. The maximum absolute atomic E-state index is 14.0. The van der Waals surface area contributed by atoms with Crippen molar-refractivity contribution in [1.29, 1.82) is 0 Å². The normalized spacial score (nSPS) is 20.2. The van der Waals surface area contributed by atoms with Crippen molar-refractivity contribution in [2.24, 2.45) is 0 Å². The van der Waals surface area contributed by atoms with Crippen molar-refractivity contribution in [2.75, 3.05) is 31.4 Å². The van der Waals surface area contributed by atoms with E-state index in [-0.39, 0.29) is 48.1 Å². The van der Waals surface area contributed by atoms with Crippen LogP contribution in [-0.4, -0.2) is 61.6 Å². The van der Waals surface area contributed by atoms with E-state index in [0.717, 1.165) is 0 Å².